The van der Waals surface area contributed by atoms with Gasteiger partial charge in [-0.2, -0.15) is 0 Å². The predicted octanol–water partition coefficient (Wildman–Crippen LogP) is 3.18. The minimum absolute atomic E-state index is 0.273. The van der Waals surface area contributed by atoms with Crippen molar-refractivity contribution in [2.75, 3.05) is 17.2 Å². The highest BCUT2D eigenvalue weighted by molar-refractivity contribution is 5.71. The summed E-state index contributed by atoms with van der Waals surface area (Å²) in [6, 6.07) is 8.48. The lowest BCUT2D eigenvalue weighted by molar-refractivity contribution is 0.769. The van der Waals surface area contributed by atoms with Crippen LogP contribution < -0.4 is 10.6 Å². The molecule has 3 rings (SSSR count). The average molecular weight is 268 g/mol. The fourth-order valence-corrected chi connectivity index (χ4v) is 2.62. The van der Waals surface area contributed by atoms with Crippen LogP contribution in [-0.2, 0) is 6.42 Å². The molecule has 2 aromatic rings. The first-order valence-corrected chi connectivity index (χ1v) is 7.07. The number of para-hydroxylation sites is 1. The smallest absolute Gasteiger partial charge is 0.141 e. The summed E-state index contributed by atoms with van der Waals surface area (Å²) in [5.41, 5.74) is 9.64. The number of nitrogens with zero attached hydrogens (tertiary/aromatic N) is 3. The molecule has 2 heterocycles. The molecule has 0 atom stereocenters. The maximum Gasteiger partial charge on any atom is 0.141 e. The van der Waals surface area contributed by atoms with Crippen molar-refractivity contribution in [3.05, 3.63) is 41.2 Å². The zero-order valence-electron chi connectivity index (χ0n) is 12.2. The molecule has 1 aromatic carbocycles. The zero-order valence-corrected chi connectivity index (χ0v) is 12.2. The second kappa shape index (κ2) is 4.78. The normalized spacial score (nSPS) is 13.9. The van der Waals surface area contributed by atoms with E-state index in [4.69, 9.17) is 10.7 Å². The predicted molar refractivity (Wildman–Crippen MR) is 82.4 cm³/mol. The number of nitrogens with two attached hydrogens (primary N) is 1. The van der Waals surface area contributed by atoms with Gasteiger partial charge in [-0.1, -0.05) is 32.0 Å². The van der Waals surface area contributed by atoms with E-state index in [1.165, 1.54) is 11.3 Å². The van der Waals surface area contributed by atoms with Crippen LogP contribution in [0.3, 0.4) is 0 Å². The van der Waals surface area contributed by atoms with E-state index in [2.05, 4.69) is 48.0 Å². The van der Waals surface area contributed by atoms with E-state index in [0.29, 0.717) is 5.82 Å². The number of fused-ring (bicyclic) bond motifs is 1. The summed E-state index contributed by atoms with van der Waals surface area (Å²) < 4.78 is 0. The Balaban J connectivity index is 2.12. The fourth-order valence-electron chi connectivity index (χ4n) is 2.62. The van der Waals surface area contributed by atoms with Gasteiger partial charge in [-0.3, -0.25) is 0 Å². The van der Waals surface area contributed by atoms with Gasteiger partial charge in [-0.05, 0) is 25.0 Å². The second-order valence-corrected chi connectivity index (χ2v) is 5.60. The topological polar surface area (TPSA) is 55.0 Å². The van der Waals surface area contributed by atoms with Gasteiger partial charge in [0.2, 0.25) is 0 Å². The zero-order chi connectivity index (χ0) is 14.3. The molecule has 0 aliphatic carbocycles. The van der Waals surface area contributed by atoms with Crippen molar-refractivity contribution in [1.29, 1.82) is 0 Å². The Morgan fingerprint density at radius 2 is 1.95 bits per heavy atom. The van der Waals surface area contributed by atoms with Crippen molar-refractivity contribution < 1.29 is 0 Å². The van der Waals surface area contributed by atoms with Crippen molar-refractivity contribution in [3.8, 4) is 0 Å². The second-order valence-electron chi connectivity index (χ2n) is 5.60. The summed E-state index contributed by atoms with van der Waals surface area (Å²) >= 11 is 0. The lowest BCUT2D eigenvalue weighted by Gasteiger charge is -2.22. The summed E-state index contributed by atoms with van der Waals surface area (Å²) in [5.74, 6) is 2.62. The summed E-state index contributed by atoms with van der Waals surface area (Å²) in [4.78, 5) is 11.4. The highest BCUT2D eigenvalue weighted by Gasteiger charge is 2.24. The van der Waals surface area contributed by atoms with E-state index >= 15 is 0 Å². The van der Waals surface area contributed by atoms with Gasteiger partial charge in [0, 0.05) is 23.7 Å². The largest absolute Gasteiger partial charge is 0.383 e. The third-order valence-corrected chi connectivity index (χ3v) is 3.83. The van der Waals surface area contributed by atoms with Crippen LogP contribution in [0.5, 0.6) is 0 Å². The fraction of sp³-hybridized carbons (Fsp3) is 0.375. The first kappa shape index (κ1) is 12.9. The Labute approximate surface area is 119 Å². The van der Waals surface area contributed by atoms with E-state index in [0.717, 1.165) is 30.2 Å². The van der Waals surface area contributed by atoms with Crippen LogP contribution in [0.1, 0.15) is 36.7 Å². The molecule has 20 heavy (non-hydrogen) atoms. The van der Waals surface area contributed by atoms with E-state index in [9.17, 15) is 0 Å². The monoisotopic (exact) mass is 268 g/mol. The van der Waals surface area contributed by atoms with Crippen LogP contribution in [0, 0.1) is 6.92 Å². The van der Waals surface area contributed by atoms with Gasteiger partial charge in [0.1, 0.15) is 17.5 Å². The molecule has 0 spiro atoms. The molecular weight excluding hydrogens is 248 g/mol. The van der Waals surface area contributed by atoms with Crippen LogP contribution in [0.25, 0.3) is 0 Å². The number of benzene rings is 1. The lowest BCUT2D eigenvalue weighted by atomic mass is 10.1. The molecule has 4 nitrogen and oxygen atoms in total. The van der Waals surface area contributed by atoms with Crippen LogP contribution >= 0.6 is 0 Å². The van der Waals surface area contributed by atoms with Crippen molar-refractivity contribution in [2.45, 2.75) is 33.1 Å². The molecule has 2 N–H and O–H groups in total. The molecule has 0 saturated carbocycles. The SMILES string of the molecule is Cc1c(N)nc(C(C)C)nc1N1CCc2ccccc21. The van der Waals surface area contributed by atoms with Crippen LogP contribution in [-0.4, -0.2) is 16.5 Å². The number of nitrogen functional groups attached to an aromatic ring is 1. The summed E-state index contributed by atoms with van der Waals surface area (Å²) in [5, 5.41) is 0. The summed E-state index contributed by atoms with van der Waals surface area (Å²) in [6.07, 6.45) is 1.05. The Morgan fingerprint density at radius 1 is 1.20 bits per heavy atom. The molecule has 0 bridgehead atoms. The maximum atomic E-state index is 6.07. The van der Waals surface area contributed by atoms with Gasteiger partial charge >= 0.3 is 0 Å². The Morgan fingerprint density at radius 3 is 2.70 bits per heavy atom. The number of anilines is 3. The van der Waals surface area contributed by atoms with E-state index in [1.807, 2.05) is 6.92 Å². The highest BCUT2D eigenvalue weighted by Crippen LogP contribution is 2.36. The lowest BCUT2D eigenvalue weighted by Crippen LogP contribution is -2.19. The molecule has 4 heteroatoms. The van der Waals surface area contributed by atoms with Crippen LogP contribution in [0.4, 0.5) is 17.3 Å². The van der Waals surface area contributed by atoms with Gasteiger partial charge in [-0.15, -0.1) is 0 Å². The molecule has 1 aliphatic rings. The Hall–Kier alpha value is -2.10. The molecular formula is C16H20N4. The number of rotatable bonds is 2. The van der Waals surface area contributed by atoms with Gasteiger partial charge in [0.15, 0.2) is 0 Å². The molecule has 0 fully saturated rings. The van der Waals surface area contributed by atoms with Crippen molar-refractivity contribution in [3.63, 3.8) is 0 Å². The standard InChI is InChI=1S/C16H20N4/c1-10(2)15-18-14(17)11(3)16(19-15)20-9-8-12-6-4-5-7-13(12)20/h4-7,10H,8-9H2,1-3H3,(H2,17,18,19). The molecule has 104 valence electrons. The van der Waals surface area contributed by atoms with E-state index in [-0.39, 0.29) is 5.92 Å². The first-order valence-electron chi connectivity index (χ1n) is 7.07. The number of hydrogen-bond donors (Lipinski definition) is 1. The minimum atomic E-state index is 0.273. The van der Waals surface area contributed by atoms with Gasteiger partial charge < -0.3 is 10.6 Å². The Bertz CT molecular complexity index is 649. The molecule has 0 unspecified atom stereocenters. The van der Waals surface area contributed by atoms with Crippen LogP contribution in [0.2, 0.25) is 0 Å². The number of aromatic nitrogens is 2. The third kappa shape index (κ3) is 2.01. The van der Waals surface area contributed by atoms with Gasteiger partial charge in [0.05, 0.1) is 0 Å². The molecule has 0 saturated heterocycles. The minimum Gasteiger partial charge on any atom is -0.383 e. The summed E-state index contributed by atoms with van der Waals surface area (Å²) in [7, 11) is 0. The molecule has 1 aliphatic heterocycles. The maximum absolute atomic E-state index is 6.07. The Kier molecular flexibility index (Phi) is 3.08. The quantitative estimate of drug-likeness (QED) is 0.908. The van der Waals surface area contributed by atoms with Gasteiger partial charge in [-0.25, -0.2) is 9.97 Å². The van der Waals surface area contributed by atoms with Crippen molar-refractivity contribution in [2.24, 2.45) is 0 Å². The van der Waals surface area contributed by atoms with Crippen molar-refractivity contribution in [1.82, 2.24) is 9.97 Å². The van der Waals surface area contributed by atoms with Gasteiger partial charge in [0.25, 0.3) is 0 Å². The molecule has 0 amide bonds. The van der Waals surface area contributed by atoms with E-state index in [1.54, 1.807) is 0 Å². The highest BCUT2D eigenvalue weighted by atomic mass is 15.2. The van der Waals surface area contributed by atoms with E-state index < -0.39 is 0 Å². The number of hydrogen-bond acceptors (Lipinski definition) is 4. The third-order valence-electron chi connectivity index (χ3n) is 3.83. The first-order chi connectivity index (χ1) is 9.58. The van der Waals surface area contributed by atoms with Crippen molar-refractivity contribution >= 4 is 17.3 Å². The molecule has 0 radical (unpaired) electrons. The summed E-state index contributed by atoms with van der Waals surface area (Å²) in [6.45, 7) is 7.13. The van der Waals surface area contributed by atoms with Crippen LogP contribution in [0.15, 0.2) is 24.3 Å². The average Bonchev–Trinajstić information content (AvgIpc) is 2.85. The molecule has 1 aromatic heterocycles.